The lowest BCUT2D eigenvalue weighted by atomic mass is 9.98. The van der Waals surface area contributed by atoms with Gasteiger partial charge in [0, 0.05) is 18.8 Å². The average Bonchev–Trinajstić information content (AvgIpc) is 2.51. The molecule has 2 rings (SSSR count). The Morgan fingerprint density at radius 1 is 1.30 bits per heavy atom. The molecule has 20 heavy (non-hydrogen) atoms. The lowest BCUT2D eigenvalue weighted by Crippen LogP contribution is -2.23. The maximum Gasteiger partial charge on any atom is 0.0418 e. The third-order valence-electron chi connectivity index (χ3n) is 4.45. The van der Waals surface area contributed by atoms with Crippen LogP contribution in [0, 0.1) is 5.92 Å². The monoisotopic (exact) mass is 274 g/mol. The normalized spacial score (nSPS) is 15.5. The summed E-state index contributed by atoms with van der Waals surface area (Å²) in [6.45, 7) is 7.87. The Morgan fingerprint density at radius 3 is 3.00 bits per heavy atom. The molecule has 0 saturated carbocycles. The van der Waals surface area contributed by atoms with Gasteiger partial charge in [-0.2, -0.15) is 0 Å². The number of nitrogens with one attached hydrogen (secondary N) is 2. The van der Waals surface area contributed by atoms with Crippen LogP contribution in [0.5, 0.6) is 0 Å². The van der Waals surface area contributed by atoms with E-state index in [9.17, 15) is 0 Å². The third kappa shape index (κ3) is 4.24. The van der Waals surface area contributed by atoms with Crippen LogP contribution in [0.3, 0.4) is 0 Å². The third-order valence-corrected chi connectivity index (χ3v) is 4.45. The summed E-state index contributed by atoms with van der Waals surface area (Å²) in [7, 11) is 0. The van der Waals surface area contributed by atoms with Gasteiger partial charge in [-0.25, -0.2) is 0 Å². The molecule has 1 aromatic rings. The molecule has 0 spiro atoms. The second-order valence-electron chi connectivity index (χ2n) is 6.03. The van der Waals surface area contributed by atoms with Crippen molar-refractivity contribution >= 4 is 5.69 Å². The van der Waals surface area contributed by atoms with Gasteiger partial charge in [0.1, 0.15) is 0 Å². The van der Waals surface area contributed by atoms with E-state index in [1.54, 1.807) is 0 Å². The van der Waals surface area contributed by atoms with Crippen LogP contribution >= 0.6 is 0 Å². The summed E-state index contributed by atoms with van der Waals surface area (Å²) in [5.41, 5.74) is 4.33. The molecule has 112 valence electrons. The summed E-state index contributed by atoms with van der Waals surface area (Å²) in [4.78, 5) is 0. The Morgan fingerprint density at radius 2 is 2.20 bits per heavy atom. The van der Waals surface area contributed by atoms with Crippen LogP contribution in [0.15, 0.2) is 18.2 Å². The summed E-state index contributed by atoms with van der Waals surface area (Å²) in [5.74, 6) is 0.836. The van der Waals surface area contributed by atoms with E-state index in [0.29, 0.717) is 0 Å². The number of hydrogen-bond donors (Lipinski definition) is 2. The molecule has 2 heteroatoms. The van der Waals surface area contributed by atoms with Crippen LogP contribution in [0.4, 0.5) is 5.69 Å². The molecule has 2 N–H and O–H groups in total. The summed E-state index contributed by atoms with van der Waals surface area (Å²) in [5, 5.41) is 7.25. The van der Waals surface area contributed by atoms with E-state index in [0.717, 1.165) is 25.6 Å². The molecule has 2 nitrogen and oxygen atoms in total. The fourth-order valence-electron chi connectivity index (χ4n) is 3.08. The zero-order chi connectivity index (χ0) is 14.2. The average molecular weight is 274 g/mol. The number of aryl methyl sites for hydroxylation is 1. The molecule has 0 radical (unpaired) electrons. The van der Waals surface area contributed by atoms with E-state index in [1.807, 2.05) is 0 Å². The van der Waals surface area contributed by atoms with Crippen molar-refractivity contribution in [2.75, 3.05) is 18.4 Å². The molecule has 0 bridgehead atoms. The van der Waals surface area contributed by atoms with Gasteiger partial charge in [-0.1, -0.05) is 51.3 Å². The van der Waals surface area contributed by atoms with E-state index in [4.69, 9.17) is 0 Å². The molecule has 1 aliphatic heterocycles. The van der Waals surface area contributed by atoms with E-state index in [-0.39, 0.29) is 0 Å². The SMILES string of the molecule is CCCCC(CC)CNCc1cccc2c1NCCC2. The van der Waals surface area contributed by atoms with E-state index in [2.05, 4.69) is 42.7 Å². The van der Waals surface area contributed by atoms with Crippen molar-refractivity contribution in [3.63, 3.8) is 0 Å². The van der Waals surface area contributed by atoms with E-state index in [1.165, 1.54) is 55.3 Å². The number of anilines is 1. The maximum atomic E-state index is 3.67. The Labute approximate surface area is 124 Å². The van der Waals surface area contributed by atoms with Crippen LogP contribution in [-0.4, -0.2) is 13.1 Å². The standard InChI is InChI=1S/C18H30N2/c1-3-5-8-15(4-2)13-19-14-17-10-6-9-16-11-7-12-20-18(16)17/h6,9-10,15,19-20H,3-5,7-8,11-14H2,1-2H3. The minimum Gasteiger partial charge on any atom is -0.385 e. The minimum absolute atomic E-state index is 0.836. The smallest absolute Gasteiger partial charge is 0.0418 e. The van der Waals surface area contributed by atoms with Crippen LogP contribution in [0.1, 0.15) is 57.1 Å². The first kappa shape index (κ1) is 15.4. The fraction of sp³-hybridized carbons (Fsp3) is 0.667. The van der Waals surface area contributed by atoms with Crippen LogP contribution in [-0.2, 0) is 13.0 Å². The zero-order valence-corrected chi connectivity index (χ0v) is 13.2. The highest BCUT2D eigenvalue weighted by Crippen LogP contribution is 2.26. The van der Waals surface area contributed by atoms with Crippen LogP contribution in [0.25, 0.3) is 0 Å². The number of benzene rings is 1. The highest BCUT2D eigenvalue weighted by atomic mass is 14.9. The lowest BCUT2D eigenvalue weighted by molar-refractivity contribution is 0.419. The molecular weight excluding hydrogens is 244 g/mol. The van der Waals surface area contributed by atoms with Crippen molar-refractivity contribution in [2.45, 2.75) is 58.9 Å². The number of para-hydroxylation sites is 1. The fourth-order valence-corrected chi connectivity index (χ4v) is 3.08. The van der Waals surface area contributed by atoms with Gasteiger partial charge < -0.3 is 10.6 Å². The predicted octanol–water partition coefficient (Wildman–Crippen LogP) is 4.35. The van der Waals surface area contributed by atoms with Gasteiger partial charge in [0.05, 0.1) is 0 Å². The van der Waals surface area contributed by atoms with Gasteiger partial charge in [-0.05, 0) is 42.9 Å². The van der Waals surface area contributed by atoms with Gasteiger partial charge in [0.2, 0.25) is 0 Å². The highest BCUT2D eigenvalue weighted by Gasteiger charge is 2.12. The molecule has 1 atom stereocenters. The molecule has 1 aliphatic rings. The molecule has 0 saturated heterocycles. The quantitative estimate of drug-likeness (QED) is 0.736. The molecule has 0 aromatic heterocycles. The zero-order valence-electron chi connectivity index (χ0n) is 13.2. The van der Waals surface area contributed by atoms with Crippen LogP contribution < -0.4 is 10.6 Å². The first-order valence-corrected chi connectivity index (χ1v) is 8.40. The summed E-state index contributed by atoms with van der Waals surface area (Å²) in [6, 6.07) is 6.73. The van der Waals surface area contributed by atoms with E-state index < -0.39 is 0 Å². The maximum absolute atomic E-state index is 3.67. The Bertz CT molecular complexity index is 400. The number of rotatable bonds is 8. The van der Waals surface area contributed by atoms with Crippen LogP contribution in [0.2, 0.25) is 0 Å². The van der Waals surface area contributed by atoms with Crippen molar-refractivity contribution in [3.05, 3.63) is 29.3 Å². The Balaban J connectivity index is 1.84. The number of unbranched alkanes of at least 4 members (excludes halogenated alkanes) is 1. The molecule has 1 unspecified atom stereocenters. The highest BCUT2D eigenvalue weighted by molar-refractivity contribution is 5.59. The van der Waals surface area contributed by atoms with Crippen molar-refractivity contribution in [1.29, 1.82) is 0 Å². The molecule has 0 fully saturated rings. The Hall–Kier alpha value is -1.02. The van der Waals surface area contributed by atoms with Gasteiger partial charge in [-0.15, -0.1) is 0 Å². The molecule has 0 aliphatic carbocycles. The second-order valence-corrected chi connectivity index (χ2v) is 6.03. The predicted molar refractivity (Wildman–Crippen MR) is 88.3 cm³/mol. The largest absolute Gasteiger partial charge is 0.385 e. The summed E-state index contributed by atoms with van der Waals surface area (Å²) < 4.78 is 0. The van der Waals surface area contributed by atoms with Crippen molar-refractivity contribution in [1.82, 2.24) is 5.32 Å². The molecule has 1 aromatic carbocycles. The lowest BCUT2D eigenvalue weighted by Gasteiger charge is -2.22. The van der Waals surface area contributed by atoms with Gasteiger partial charge in [-0.3, -0.25) is 0 Å². The first-order valence-electron chi connectivity index (χ1n) is 8.40. The Kier molecular flexibility index (Phi) is 6.38. The van der Waals surface area contributed by atoms with Crippen molar-refractivity contribution in [3.8, 4) is 0 Å². The van der Waals surface area contributed by atoms with E-state index >= 15 is 0 Å². The molecule has 1 heterocycles. The van der Waals surface area contributed by atoms with Gasteiger partial charge >= 0.3 is 0 Å². The summed E-state index contributed by atoms with van der Waals surface area (Å²) in [6.07, 6.45) is 7.82. The van der Waals surface area contributed by atoms with Gasteiger partial charge in [0.25, 0.3) is 0 Å². The van der Waals surface area contributed by atoms with Crippen molar-refractivity contribution in [2.24, 2.45) is 5.92 Å². The second kappa shape index (κ2) is 8.31. The topological polar surface area (TPSA) is 24.1 Å². The van der Waals surface area contributed by atoms with Gasteiger partial charge in [0.15, 0.2) is 0 Å². The number of fused-ring (bicyclic) bond motifs is 1. The first-order chi connectivity index (χ1) is 9.85. The summed E-state index contributed by atoms with van der Waals surface area (Å²) >= 11 is 0. The number of hydrogen-bond acceptors (Lipinski definition) is 2. The van der Waals surface area contributed by atoms with Crippen molar-refractivity contribution < 1.29 is 0 Å². The minimum atomic E-state index is 0.836. The molecule has 0 amide bonds. The molecular formula is C18H30N2.